The Bertz CT molecular complexity index is 1100. The minimum atomic E-state index is -0.879. The number of furan rings is 1. The van der Waals surface area contributed by atoms with Gasteiger partial charge in [-0.3, -0.25) is 4.79 Å². The van der Waals surface area contributed by atoms with Crippen LogP contribution in [-0.4, -0.2) is 18.5 Å². The summed E-state index contributed by atoms with van der Waals surface area (Å²) in [6.07, 6.45) is 0. The molecule has 2 aromatic carbocycles. The van der Waals surface area contributed by atoms with Gasteiger partial charge in [0.25, 0.3) is 5.91 Å². The van der Waals surface area contributed by atoms with E-state index in [1.54, 1.807) is 13.0 Å². The first-order valence-corrected chi connectivity index (χ1v) is 8.12. The van der Waals surface area contributed by atoms with E-state index in [1.165, 1.54) is 30.3 Å². The average Bonchev–Trinajstić information content (AvgIpc) is 2.98. The summed E-state index contributed by atoms with van der Waals surface area (Å²) in [6, 6.07) is 10.6. The molecule has 1 aromatic heterocycles. The monoisotopic (exact) mass is 386 g/mol. The number of nitrogens with one attached hydrogen (secondary N) is 1. The molecule has 136 valence electrons. The average molecular weight is 387 g/mol. The van der Waals surface area contributed by atoms with Gasteiger partial charge in [-0.2, -0.15) is 5.26 Å². The number of amides is 1. The summed E-state index contributed by atoms with van der Waals surface area (Å²) in [5, 5.41) is 12.0. The second kappa shape index (κ2) is 7.48. The van der Waals surface area contributed by atoms with Crippen molar-refractivity contribution < 1.29 is 23.1 Å². The van der Waals surface area contributed by atoms with Gasteiger partial charge >= 0.3 is 5.97 Å². The van der Waals surface area contributed by atoms with Crippen LogP contribution in [0.1, 0.15) is 21.7 Å². The number of rotatable bonds is 4. The molecule has 6 nitrogen and oxygen atoms in total. The first-order valence-electron chi connectivity index (χ1n) is 7.75. The summed E-state index contributed by atoms with van der Waals surface area (Å²) >= 11 is 5.89. The number of hydrogen-bond acceptors (Lipinski definition) is 5. The minimum absolute atomic E-state index is 0.0429. The van der Waals surface area contributed by atoms with Gasteiger partial charge in [0.15, 0.2) is 18.0 Å². The Balaban J connectivity index is 1.66. The van der Waals surface area contributed by atoms with Crippen LogP contribution in [0, 0.1) is 24.1 Å². The highest BCUT2D eigenvalue weighted by molar-refractivity contribution is 6.32. The van der Waals surface area contributed by atoms with Crippen molar-refractivity contribution in [2.75, 3.05) is 11.9 Å². The standard InChI is InChI=1S/C19H12ClFN2O4/c1-10-13-3-2-4-15(21)18(13)27-17(10)19(25)26-9-16(24)23-12-6-5-11(8-22)14(20)7-12/h2-7H,9H2,1H3,(H,23,24). The smallest absolute Gasteiger partial charge is 0.375 e. The maximum Gasteiger partial charge on any atom is 0.375 e. The van der Waals surface area contributed by atoms with Crippen LogP contribution >= 0.6 is 11.6 Å². The fourth-order valence-electron chi connectivity index (χ4n) is 2.48. The van der Waals surface area contributed by atoms with Crippen molar-refractivity contribution in [1.82, 2.24) is 0 Å². The lowest BCUT2D eigenvalue weighted by Crippen LogP contribution is -2.21. The van der Waals surface area contributed by atoms with Gasteiger partial charge in [0.2, 0.25) is 5.76 Å². The van der Waals surface area contributed by atoms with Gasteiger partial charge in [-0.1, -0.05) is 23.7 Å². The molecule has 0 atom stereocenters. The molecule has 0 unspecified atom stereocenters. The molecular formula is C19H12ClFN2O4. The molecule has 1 heterocycles. The third kappa shape index (κ3) is 3.76. The molecule has 1 N–H and O–H groups in total. The first kappa shape index (κ1) is 18.4. The number of nitriles is 1. The normalized spacial score (nSPS) is 10.4. The van der Waals surface area contributed by atoms with E-state index in [0.29, 0.717) is 16.6 Å². The predicted molar refractivity (Wildman–Crippen MR) is 96.0 cm³/mol. The van der Waals surface area contributed by atoms with Gasteiger partial charge in [-0.05, 0) is 31.2 Å². The summed E-state index contributed by atoms with van der Waals surface area (Å²) in [5.74, 6) is -2.24. The number of halogens is 2. The summed E-state index contributed by atoms with van der Waals surface area (Å²) in [5.41, 5.74) is 1.00. The fourth-order valence-corrected chi connectivity index (χ4v) is 2.70. The quantitative estimate of drug-likeness (QED) is 0.678. The number of esters is 1. The van der Waals surface area contributed by atoms with Crippen molar-refractivity contribution in [3.05, 3.63) is 64.1 Å². The number of aryl methyl sites for hydroxylation is 1. The molecule has 0 saturated carbocycles. The third-order valence-electron chi connectivity index (χ3n) is 3.81. The Hall–Kier alpha value is -3.37. The zero-order chi connectivity index (χ0) is 19.6. The highest BCUT2D eigenvalue weighted by atomic mass is 35.5. The van der Waals surface area contributed by atoms with Crippen LogP contribution in [0.2, 0.25) is 5.02 Å². The number of ether oxygens (including phenoxy) is 1. The van der Waals surface area contributed by atoms with Crippen molar-refractivity contribution >= 4 is 40.1 Å². The molecule has 0 aliphatic carbocycles. The Morgan fingerprint density at radius 3 is 2.78 bits per heavy atom. The Kier molecular flexibility index (Phi) is 5.10. The molecule has 0 spiro atoms. The second-order valence-corrected chi connectivity index (χ2v) is 6.01. The van der Waals surface area contributed by atoms with Crippen LogP contribution in [0.15, 0.2) is 40.8 Å². The van der Waals surface area contributed by atoms with Gasteiger partial charge in [0.1, 0.15) is 6.07 Å². The SMILES string of the molecule is Cc1c(C(=O)OCC(=O)Nc2ccc(C#N)c(Cl)c2)oc2c(F)cccc12. The molecule has 3 aromatic rings. The highest BCUT2D eigenvalue weighted by Gasteiger charge is 2.21. The molecule has 1 amide bonds. The van der Waals surface area contributed by atoms with E-state index >= 15 is 0 Å². The second-order valence-electron chi connectivity index (χ2n) is 5.60. The maximum absolute atomic E-state index is 13.7. The zero-order valence-electron chi connectivity index (χ0n) is 14.0. The van der Waals surface area contributed by atoms with E-state index in [4.69, 9.17) is 26.0 Å². The molecule has 27 heavy (non-hydrogen) atoms. The van der Waals surface area contributed by atoms with Gasteiger partial charge in [-0.25, -0.2) is 9.18 Å². The number of para-hydroxylation sites is 1. The number of benzene rings is 2. The summed E-state index contributed by atoms with van der Waals surface area (Å²) in [7, 11) is 0. The topological polar surface area (TPSA) is 92.3 Å². The number of fused-ring (bicyclic) bond motifs is 1. The number of anilines is 1. The summed E-state index contributed by atoms with van der Waals surface area (Å²) in [4.78, 5) is 24.1. The maximum atomic E-state index is 13.7. The van der Waals surface area contributed by atoms with Crippen LogP contribution in [0.3, 0.4) is 0 Å². The molecule has 0 bridgehead atoms. The molecule has 0 aliphatic rings. The Morgan fingerprint density at radius 2 is 2.11 bits per heavy atom. The Morgan fingerprint density at radius 1 is 1.33 bits per heavy atom. The predicted octanol–water partition coefficient (Wildman–Crippen LogP) is 4.20. The van der Waals surface area contributed by atoms with Crippen LogP contribution in [-0.2, 0) is 9.53 Å². The molecule has 8 heteroatoms. The summed E-state index contributed by atoms with van der Waals surface area (Å²) < 4.78 is 23.9. The molecule has 0 radical (unpaired) electrons. The molecule has 0 fully saturated rings. The van der Waals surface area contributed by atoms with Crippen molar-refractivity contribution in [2.24, 2.45) is 0 Å². The van der Waals surface area contributed by atoms with Crippen molar-refractivity contribution in [2.45, 2.75) is 6.92 Å². The number of hydrogen-bond donors (Lipinski definition) is 1. The van der Waals surface area contributed by atoms with Gasteiger partial charge in [0, 0.05) is 16.6 Å². The Labute approximate surface area is 158 Å². The van der Waals surface area contributed by atoms with E-state index in [-0.39, 0.29) is 21.9 Å². The van der Waals surface area contributed by atoms with E-state index in [2.05, 4.69) is 5.32 Å². The molecular weight excluding hydrogens is 375 g/mol. The lowest BCUT2D eigenvalue weighted by atomic mass is 10.1. The van der Waals surface area contributed by atoms with E-state index in [9.17, 15) is 14.0 Å². The lowest BCUT2D eigenvalue weighted by molar-refractivity contribution is -0.119. The number of nitrogens with zero attached hydrogens (tertiary/aromatic N) is 1. The largest absolute Gasteiger partial charge is 0.450 e. The van der Waals surface area contributed by atoms with Gasteiger partial charge in [0.05, 0.1) is 10.6 Å². The number of carbonyl (C=O) groups excluding carboxylic acids is 2. The minimum Gasteiger partial charge on any atom is -0.450 e. The van der Waals surface area contributed by atoms with Crippen LogP contribution in [0.5, 0.6) is 0 Å². The van der Waals surface area contributed by atoms with E-state index < -0.39 is 24.3 Å². The van der Waals surface area contributed by atoms with Gasteiger partial charge < -0.3 is 14.5 Å². The van der Waals surface area contributed by atoms with Crippen molar-refractivity contribution in [1.29, 1.82) is 5.26 Å². The lowest BCUT2D eigenvalue weighted by Gasteiger charge is -2.07. The van der Waals surface area contributed by atoms with E-state index in [1.807, 2.05) is 6.07 Å². The fraction of sp³-hybridized carbons (Fsp3) is 0.105. The first-order chi connectivity index (χ1) is 12.9. The van der Waals surface area contributed by atoms with Crippen LogP contribution in [0.4, 0.5) is 10.1 Å². The molecule has 3 rings (SSSR count). The van der Waals surface area contributed by atoms with E-state index in [0.717, 1.165) is 0 Å². The molecule has 0 saturated heterocycles. The van der Waals surface area contributed by atoms with Crippen LogP contribution < -0.4 is 5.32 Å². The summed E-state index contributed by atoms with van der Waals surface area (Å²) in [6.45, 7) is 1.02. The highest BCUT2D eigenvalue weighted by Crippen LogP contribution is 2.27. The number of carbonyl (C=O) groups is 2. The van der Waals surface area contributed by atoms with Crippen molar-refractivity contribution in [3.8, 4) is 6.07 Å². The molecule has 0 aliphatic heterocycles. The third-order valence-corrected chi connectivity index (χ3v) is 4.12. The van der Waals surface area contributed by atoms with Crippen molar-refractivity contribution in [3.63, 3.8) is 0 Å². The zero-order valence-corrected chi connectivity index (χ0v) is 14.8. The van der Waals surface area contributed by atoms with Crippen LogP contribution in [0.25, 0.3) is 11.0 Å². The van der Waals surface area contributed by atoms with Gasteiger partial charge in [-0.15, -0.1) is 0 Å².